The van der Waals surface area contributed by atoms with Crippen LogP contribution in [0.25, 0.3) is 0 Å². The molecule has 9 nitrogen and oxygen atoms in total. The second kappa shape index (κ2) is 41.9. The Kier molecular flexibility index (Phi) is 39.1. The summed E-state index contributed by atoms with van der Waals surface area (Å²) in [7, 11) is 0. The number of carbonyl (C=O) groups is 1. The molecule has 354 valence electrons. The van der Waals surface area contributed by atoms with Gasteiger partial charge in [-0.25, -0.2) is 0 Å². The Balaban J connectivity index is 2.31. The number of rotatable bonds is 41. The highest BCUT2D eigenvalue weighted by Gasteiger charge is 2.44. The smallest absolute Gasteiger partial charge is 0.224 e. The number of ether oxygens (including phenoxy) is 2. The van der Waals surface area contributed by atoms with E-state index >= 15 is 0 Å². The Morgan fingerprint density at radius 1 is 0.557 bits per heavy atom. The lowest BCUT2D eigenvalue weighted by Crippen LogP contribution is -2.60. The van der Waals surface area contributed by atoms with Crippen molar-refractivity contribution in [3.8, 4) is 0 Å². The van der Waals surface area contributed by atoms with E-state index < -0.39 is 49.5 Å². The highest BCUT2D eigenvalue weighted by molar-refractivity contribution is 5.77. The van der Waals surface area contributed by atoms with Crippen LogP contribution in [0.3, 0.4) is 0 Å². The molecule has 0 aromatic carbocycles. The summed E-state index contributed by atoms with van der Waals surface area (Å²) in [6.07, 6.45) is 48.4. The molecular formula is C52H93NO8. The van der Waals surface area contributed by atoms with Gasteiger partial charge >= 0.3 is 0 Å². The largest absolute Gasteiger partial charge is 0.394 e. The van der Waals surface area contributed by atoms with Gasteiger partial charge in [0.15, 0.2) is 6.29 Å². The van der Waals surface area contributed by atoms with Gasteiger partial charge in [-0.1, -0.05) is 222 Å². The predicted octanol–water partition coefficient (Wildman–Crippen LogP) is 11.2. The Morgan fingerprint density at radius 3 is 1.36 bits per heavy atom. The van der Waals surface area contributed by atoms with Crippen molar-refractivity contribution < 1.29 is 39.8 Å². The lowest BCUT2D eigenvalue weighted by Gasteiger charge is -2.40. The number of hydrogen-bond acceptors (Lipinski definition) is 8. The minimum absolute atomic E-state index is 0.135. The van der Waals surface area contributed by atoms with E-state index in [0.717, 1.165) is 44.9 Å². The molecule has 9 heteroatoms. The van der Waals surface area contributed by atoms with Crippen molar-refractivity contribution >= 4 is 5.91 Å². The molecule has 1 heterocycles. The standard InChI is InChI=1S/C52H93NO8/c1-3-5-7-9-11-13-15-17-19-20-21-22-23-24-25-26-28-29-31-33-35-37-39-41-46(55)45(44-60-52-51(59)50(58)49(57)47(43-54)61-52)53-48(56)42-40-38-36-34-32-30-27-18-16-14-12-10-8-6-4-2/h6,8,12,14,18,27,32,34,38,40,45-47,49-52,54-55,57-59H,3-5,7,9-11,13,15-17,19-26,28-31,33,35-37,39,41-44H2,1-2H3,(H,53,56)/b8-6-,14-12-,27-18-,34-32-,40-38-. The van der Waals surface area contributed by atoms with E-state index in [4.69, 9.17) is 9.47 Å². The minimum Gasteiger partial charge on any atom is -0.394 e. The Bertz CT molecular complexity index is 1140. The van der Waals surface area contributed by atoms with E-state index in [1.807, 2.05) is 6.08 Å². The molecule has 1 amide bonds. The molecule has 1 aliphatic rings. The van der Waals surface area contributed by atoms with Crippen molar-refractivity contribution in [1.29, 1.82) is 0 Å². The van der Waals surface area contributed by atoms with Crippen LogP contribution in [0.4, 0.5) is 0 Å². The van der Waals surface area contributed by atoms with Gasteiger partial charge in [0.25, 0.3) is 0 Å². The summed E-state index contributed by atoms with van der Waals surface area (Å²) in [6, 6.07) is -0.776. The quantitative estimate of drug-likeness (QED) is 0.0263. The number of amides is 1. The van der Waals surface area contributed by atoms with Gasteiger partial charge in [0, 0.05) is 6.42 Å². The summed E-state index contributed by atoms with van der Waals surface area (Å²) >= 11 is 0. The maximum Gasteiger partial charge on any atom is 0.224 e. The number of allylic oxidation sites excluding steroid dienone is 9. The third-order valence-corrected chi connectivity index (χ3v) is 11.7. The number of carbonyl (C=O) groups excluding carboxylic acids is 1. The molecule has 7 atom stereocenters. The molecule has 0 saturated carbocycles. The van der Waals surface area contributed by atoms with Crippen LogP contribution in [0, 0.1) is 0 Å². The molecule has 0 spiro atoms. The maximum absolute atomic E-state index is 12.9. The number of aliphatic hydroxyl groups is 5. The van der Waals surface area contributed by atoms with Gasteiger partial charge in [0.2, 0.25) is 5.91 Å². The number of unbranched alkanes of at least 4 members (excludes halogenated alkanes) is 22. The highest BCUT2D eigenvalue weighted by atomic mass is 16.7. The Labute approximate surface area is 373 Å². The van der Waals surface area contributed by atoms with Crippen LogP contribution in [-0.2, 0) is 14.3 Å². The zero-order valence-corrected chi connectivity index (χ0v) is 38.9. The van der Waals surface area contributed by atoms with Crippen LogP contribution >= 0.6 is 0 Å². The van der Waals surface area contributed by atoms with E-state index in [9.17, 15) is 30.3 Å². The van der Waals surface area contributed by atoms with Gasteiger partial charge < -0.3 is 40.3 Å². The summed E-state index contributed by atoms with van der Waals surface area (Å²) < 4.78 is 11.2. The molecule has 0 aliphatic carbocycles. The van der Waals surface area contributed by atoms with E-state index in [1.54, 1.807) is 6.08 Å². The summed E-state index contributed by atoms with van der Waals surface area (Å²) in [5, 5.41) is 54.3. The van der Waals surface area contributed by atoms with Gasteiger partial charge in [-0.05, 0) is 38.5 Å². The normalized spacial score (nSPS) is 20.9. The fourth-order valence-electron chi connectivity index (χ4n) is 7.70. The first-order valence-corrected chi connectivity index (χ1v) is 25.0. The van der Waals surface area contributed by atoms with Gasteiger partial charge in [-0.2, -0.15) is 0 Å². The third-order valence-electron chi connectivity index (χ3n) is 11.7. The second-order valence-electron chi connectivity index (χ2n) is 17.3. The van der Waals surface area contributed by atoms with Crippen molar-refractivity contribution in [1.82, 2.24) is 5.32 Å². The van der Waals surface area contributed by atoms with Crippen molar-refractivity contribution in [2.45, 2.75) is 249 Å². The molecule has 1 fully saturated rings. The van der Waals surface area contributed by atoms with E-state index in [2.05, 4.69) is 67.8 Å². The molecule has 0 radical (unpaired) electrons. The van der Waals surface area contributed by atoms with E-state index in [-0.39, 0.29) is 18.9 Å². The Morgan fingerprint density at radius 2 is 0.951 bits per heavy atom. The molecular weight excluding hydrogens is 767 g/mol. The van der Waals surface area contributed by atoms with Gasteiger partial charge in [-0.3, -0.25) is 4.79 Å². The predicted molar refractivity (Wildman–Crippen MR) is 253 cm³/mol. The van der Waals surface area contributed by atoms with Gasteiger partial charge in [0.05, 0.1) is 25.4 Å². The van der Waals surface area contributed by atoms with Crippen molar-refractivity contribution in [3.63, 3.8) is 0 Å². The lowest BCUT2D eigenvalue weighted by molar-refractivity contribution is -0.302. The van der Waals surface area contributed by atoms with E-state index in [1.165, 1.54) is 128 Å². The minimum atomic E-state index is -1.57. The van der Waals surface area contributed by atoms with Gasteiger partial charge in [0.1, 0.15) is 24.4 Å². The summed E-state index contributed by atoms with van der Waals surface area (Å²) in [4.78, 5) is 12.9. The van der Waals surface area contributed by atoms with Crippen molar-refractivity contribution in [2.24, 2.45) is 0 Å². The number of hydrogen-bond donors (Lipinski definition) is 6. The SMILES string of the molecule is CC/C=C\C/C=C\C/C=C\C/C=C\C/C=C\CC(=O)NC(COC1OC(CO)C(O)C(O)C1O)C(O)CCCCCCCCCCCCCCCCCCCCCCCCC. The van der Waals surface area contributed by atoms with Crippen molar-refractivity contribution in [2.75, 3.05) is 13.2 Å². The summed E-state index contributed by atoms with van der Waals surface area (Å²) in [5.41, 5.74) is 0. The molecule has 1 aliphatic heterocycles. The first-order chi connectivity index (χ1) is 29.8. The zero-order valence-electron chi connectivity index (χ0n) is 38.9. The second-order valence-corrected chi connectivity index (χ2v) is 17.3. The Hall–Kier alpha value is -2.11. The number of nitrogens with one attached hydrogen (secondary N) is 1. The molecule has 1 saturated heterocycles. The summed E-state index contributed by atoms with van der Waals surface area (Å²) in [5.74, 6) is -0.271. The third kappa shape index (κ3) is 32.2. The zero-order chi connectivity index (χ0) is 44.4. The molecule has 7 unspecified atom stereocenters. The topological polar surface area (TPSA) is 149 Å². The fourth-order valence-corrected chi connectivity index (χ4v) is 7.70. The van der Waals surface area contributed by atoms with Crippen molar-refractivity contribution in [3.05, 3.63) is 60.8 Å². The molecule has 0 aromatic rings. The van der Waals surface area contributed by atoms with Crippen LogP contribution in [0.5, 0.6) is 0 Å². The lowest BCUT2D eigenvalue weighted by atomic mass is 9.99. The van der Waals surface area contributed by atoms with Crippen LogP contribution in [0.15, 0.2) is 60.8 Å². The van der Waals surface area contributed by atoms with Crippen LogP contribution in [0.1, 0.15) is 206 Å². The first-order valence-electron chi connectivity index (χ1n) is 25.0. The van der Waals surface area contributed by atoms with E-state index in [0.29, 0.717) is 12.8 Å². The maximum atomic E-state index is 12.9. The van der Waals surface area contributed by atoms with Gasteiger partial charge in [-0.15, -0.1) is 0 Å². The van der Waals surface area contributed by atoms with Crippen LogP contribution in [-0.4, -0.2) is 87.5 Å². The highest BCUT2D eigenvalue weighted by Crippen LogP contribution is 2.23. The molecule has 1 rings (SSSR count). The summed E-state index contributed by atoms with van der Waals surface area (Å²) in [6.45, 7) is 3.67. The molecule has 0 bridgehead atoms. The molecule has 0 aromatic heterocycles. The fraction of sp³-hybridized carbons (Fsp3) is 0.788. The molecule has 6 N–H and O–H groups in total. The average Bonchev–Trinajstić information content (AvgIpc) is 3.26. The molecule has 61 heavy (non-hydrogen) atoms. The van der Waals surface area contributed by atoms with Crippen LogP contribution < -0.4 is 5.32 Å². The number of aliphatic hydroxyl groups excluding tert-OH is 5. The van der Waals surface area contributed by atoms with Crippen LogP contribution in [0.2, 0.25) is 0 Å². The first kappa shape index (κ1) is 56.9. The average molecular weight is 860 g/mol. The monoisotopic (exact) mass is 860 g/mol.